The van der Waals surface area contributed by atoms with Crippen LogP contribution in [-0.2, 0) is 10.0 Å². The first-order valence-electron chi connectivity index (χ1n) is 8.36. The summed E-state index contributed by atoms with van der Waals surface area (Å²) in [6, 6.07) is 6.97. The van der Waals surface area contributed by atoms with Gasteiger partial charge in [-0.3, -0.25) is 9.10 Å². The number of hydrogen-bond acceptors (Lipinski definition) is 4. The minimum atomic E-state index is -3.19. The molecule has 0 spiro atoms. The molecule has 132 valence electrons. The van der Waals surface area contributed by atoms with Gasteiger partial charge in [-0.2, -0.15) is 0 Å². The molecular weight excluding hydrogens is 326 g/mol. The normalized spacial score (nSPS) is 25.7. The first-order chi connectivity index (χ1) is 11.2. The van der Waals surface area contributed by atoms with E-state index in [2.05, 4.69) is 13.8 Å². The molecule has 1 unspecified atom stereocenters. The van der Waals surface area contributed by atoms with Crippen LogP contribution >= 0.6 is 0 Å². The molecule has 2 heterocycles. The molecule has 0 radical (unpaired) electrons. The van der Waals surface area contributed by atoms with E-state index in [1.165, 1.54) is 4.31 Å². The highest BCUT2D eigenvalue weighted by molar-refractivity contribution is 7.93. The Morgan fingerprint density at radius 3 is 2.42 bits per heavy atom. The highest BCUT2D eigenvalue weighted by atomic mass is 32.2. The Balaban J connectivity index is 1.75. The van der Waals surface area contributed by atoms with Gasteiger partial charge in [0, 0.05) is 31.2 Å². The van der Waals surface area contributed by atoms with Crippen molar-refractivity contribution in [2.45, 2.75) is 32.7 Å². The van der Waals surface area contributed by atoms with E-state index in [0.29, 0.717) is 37.3 Å². The standard InChI is InChI=1S/C17H25N3O3S/c1-17(2)12-19(10-8-15(17)18)16(21)13-4-6-14(7-5-13)20-9-3-11-24(20,22)23/h4-7,15H,3,8-12,18H2,1-2H3. The van der Waals surface area contributed by atoms with Crippen LogP contribution in [0.15, 0.2) is 24.3 Å². The number of benzene rings is 1. The second-order valence-corrected chi connectivity index (χ2v) is 9.41. The average molecular weight is 351 g/mol. The molecule has 3 rings (SSSR count). The average Bonchev–Trinajstić information content (AvgIpc) is 2.89. The summed E-state index contributed by atoms with van der Waals surface area (Å²) in [7, 11) is -3.19. The third-order valence-corrected chi connectivity index (χ3v) is 6.97. The van der Waals surface area contributed by atoms with Crippen LogP contribution < -0.4 is 10.0 Å². The van der Waals surface area contributed by atoms with E-state index >= 15 is 0 Å². The van der Waals surface area contributed by atoms with Crippen LogP contribution in [0.1, 0.15) is 37.0 Å². The summed E-state index contributed by atoms with van der Waals surface area (Å²) in [5.41, 5.74) is 7.24. The Hall–Kier alpha value is -1.60. The van der Waals surface area contributed by atoms with Gasteiger partial charge in [0.15, 0.2) is 0 Å². The molecule has 0 aliphatic carbocycles. The maximum absolute atomic E-state index is 12.7. The molecule has 1 aromatic carbocycles. The van der Waals surface area contributed by atoms with Crippen LogP contribution in [0.3, 0.4) is 0 Å². The first-order valence-corrected chi connectivity index (χ1v) is 9.97. The lowest BCUT2D eigenvalue weighted by Crippen LogP contribution is -2.54. The van der Waals surface area contributed by atoms with E-state index in [1.54, 1.807) is 24.3 Å². The zero-order valence-electron chi connectivity index (χ0n) is 14.2. The number of likely N-dealkylation sites (tertiary alicyclic amines) is 1. The van der Waals surface area contributed by atoms with Crippen LogP contribution in [0, 0.1) is 5.41 Å². The van der Waals surface area contributed by atoms with Crippen molar-refractivity contribution in [1.82, 2.24) is 4.90 Å². The van der Waals surface area contributed by atoms with Crippen LogP contribution in [0.4, 0.5) is 5.69 Å². The number of carbonyl (C=O) groups excluding carboxylic acids is 1. The summed E-state index contributed by atoms with van der Waals surface area (Å²) in [6.45, 7) is 5.96. The number of piperidine rings is 1. The molecule has 1 atom stereocenters. The van der Waals surface area contributed by atoms with Crippen molar-refractivity contribution < 1.29 is 13.2 Å². The number of rotatable bonds is 2. The summed E-state index contributed by atoms with van der Waals surface area (Å²) in [6.07, 6.45) is 1.44. The van der Waals surface area contributed by atoms with Gasteiger partial charge in [0.25, 0.3) is 5.91 Å². The quantitative estimate of drug-likeness (QED) is 0.873. The molecule has 1 aromatic rings. The summed E-state index contributed by atoms with van der Waals surface area (Å²) in [5.74, 6) is 0.169. The van der Waals surface area contributed by atoms with Crippen molar-refractivity contribution >= 4 is 21.6 Å². The maximum Gasteiger partial charge on any atom is 0.253 e. The fourth-order valence-electron chi connectivity index (χ4n) is 3.43. The fourth-order valence-corrected chi connectivity index (χ4v) is 4.99. The summed E-state index contributed by atoms with van der Waals surface area (Å²) < 4.78 is 25.4. The third-order valence-electron chi connectivity index (χ3n) is 5.10. The zero-order valence-corrected chi connectivity index (χ0v) is 15.1. The van der Waals surface area contributed by atoms with Crippen molar-refractivity contribution in [1.29, 1.82) is 0 Å². The Labute approximate surface area is 143 Å². The molecule has 0 saturated carbocycles. The number of amides is 1. The zero-order chi connectivity index (χ0) is 17.5. The fraction of sp³-hybridized carbons (Fsp3) is 0.588. The van der Waals surface area contributed by atoms with Crippen molar-refractivity contribution in [2.75, 3.05) is 29.7 Å². The van der Waals surface area contributed by atoms with Gasteiger partial charge >= 0.3 is 0 Å². The SMILES string of the molecule is CC1(C)CN(C(=O)c2ccc(N3CCCS3(=O)=O)cc2)CCC1N. The molecule has 2 fully saturated rings. The molecule has 1 amide bonds. The number of nitrogens with two attached hydrogens (primary N) is 1. The highest BCUT2D eigenvalue weighted by Crippen LogP contribution is 2.29. The Bertz CT molecular complexity index is 728. The summed E-state index contributed by atoms with van der Waals surface area (Å²) in [4.78, 5) is 14.5. The largest absolute Gasteiger partial charge is 0.338 e. The van der Waals surface area contributed by atoms with Gasteiger partial charge in [-0.05, 0) is 42.5 Å². The van der Waals surface area contributed by atoms with Crippen LogP contribution in [0.25, 0.3) is 0 Å². The minimum Gasteiger partial charge on any atom is -0.338 e. The summed E-state index contributed by atoms with van der Waals surface area (Å²) >= 11 is 0. The lowest BCUT2D eigenvalue weighted by molar-refractivity contribution is 0.0533. The number of carbonyl (C=O) groups is 1. The van der Waals surface area contributed by atoms with E-state index in [0.717, 1.165) is 6.42 Å². The van der Waals surface area contributed by atoms with Crippen molar-refractivity contribution in [2.24, 2.45) is 11.1 Å². The maximum atomic E-state index is 12.7. The van der Waals surface area contributed by atoms with Gasteiger partial charge in [0.05, 0.1) is 11.4 Å². The topological polar surface area (TPSA) is 83.7 Å². The third kappa shape index (κ3) is 3.15. The van der Waals surface area contributed by atoms with E-state index < -0.39 is 10.0 Å². The number of nitrogens with zero attached hydrogens (tertiary/aromatic N) is 2. The molecule has 6 nitrogen and oxygen atoms in total. The van der Waals surface area contributed by atoms with Crippen LogP contribution in [-0.4, -0.2) is 50.7 Å². The van der Waals surface area contributed by atoms with Gasteiger partial charge in [0.1, 0.15) is 0 Å². The second kappa shape index (κ2) is 6.04. The van der Waals surface area contributed by atoms with Crippen LogP contribution in [0.5, 0.6) is 0 Å². The van der Waals surface area contributed by atoms with Gasteiger partial charge in [-0.15, -0.1) is 0 Å². The van der Waals surface area contributed by atoms with Gasteiger partial charge in [0.2, 0.25) is 10.0 Å². The molecule has 2 saturated heterocycles. The van der Waals surface area contributed by atoms with E-state index in [1.807, 2.05) is 4.90 Å². The van der Waals surface area contributed by atoms with Crippen molar-refractivity contribution in [3.63, 3.8) is 0 Å². The van der Waals surface area contributed by atoms with Crippen molar-refractivity contribution in [3.8, 4) is 0 Å². The Kier molecular flexibility index (Phi) is 4.34. The van der Waals surface area contributed by atoms with E-state index in [4.69, 9.17) is 5.73 Å². The second-order valence-electron chi connectivity index (χ2n) is 7.40. The molecule has 0 aromatic heterocycles. The van der Waals surface area contributed by atoms with Gasteiger partial charge in [-0.25, -0.2) is 8.42 Å². The highest BCUT2D eigenvalue weighted by Gasteiger charge is 2.35. The molecule has 0 bridgehead atoms. The van der Waals surface area contributed by atoms with Crippen LogP contribution in [0.2, 0.25) is 0 Å². The molecule has 2 aliphatic heterocycles. The smallest absolute Gasteiger partial charge is 0.253 e. The molecule has 24 heavy (non-hydrogen) atoms. The predicted molar refractivity (Wildman–Crippen MR) is 94.5 cm³/mol. The Morgan fingerprint density at radius 1 is 1.21 bits per heavy atom. The monoisotopic (exact) mass is 351 g/mol. The van der Waals surface area contributed by atoms with E-state index in [9.17, 15) is 13.2 Å². The summed E-state index contributed by atoms with van der Waals surface area (Å²) in [5, 5.41) is 0. The number of sulfonamides is 1. The molecule has 7 heteroatoms. The predicted octanol–water partition coefficient (Wildman–Crippen LogP) is 1.43. The van der Waals surface area contributed by atoms with E-state index in [-0.39, 0.29) is 23.1 Å². The van der Waals surface area contributed by atoms with Gasteiger partial charge in [-0.1, -0.05) is 13.8 Å². The van der Waals surface area contributed by atoms with Gasteiger partial charge < -0.3 is 10.6 Å². The Morgan fingerprint density at radius 2 is 1.88 bits per heavy atom. The minimum absolute atomic E-state index is 0.0224. The lowest BCUT2D eigenvalue weighted by atomic mass is 9.79. The molecule has 2 aliphatic rings. The number of hydrogen-bond donors (Lipinski definition) is 1. The first kappa shape index (κ1) is 17.2. The number of anilines is 1. The molecule has 2 N–H and O–H groups in total. The molecular formula is C17H25N3O3S. The lowest BCUT2D eigenvalue weighted by Gasteiger charge is -2.42. The van der Waals surface area contributed by atoms with Crippen molar-refractivity contribution in [3.05, 3.63) is 29.8 Å².